The molecule has 0 aliphatic carbocycles. The third-order valence-electron chi connectivity index (χ3n) is 3.99. The minimum atomic E-state index is 0.337. The fraction of sp³-hybridized carbons (Fsp3) is 0.368. The molecule has 0 aromatic heterocycles. The zero-order chi connectivity index (χ0) is 15.4. The van der Waals surface area contributed by atoms with E-state index in [1.165, 1.54) is 22.3 Å². The number of benzene rings is 2. The van der Waals surface area contributed by atoms with Gasteiger partial charge in [-0.15, -0.1) is 0 Å². The second-order valence-electron chi connectivity index (χ2n) is 6.07. The molecule has 0 aliphatic rings. The molecule has 0 bridgehead atoms. The van der Waals surface area contributed by atoms with Crippen LogP contribution < -0.4 is 5.32 Å². The van der Waals surface area contributed by atoms with Crippen LogP contribution in [0.25, 0.3) is 0 Å². The van der Waals surface area contributed by atoms with Crippen molar-refractivity contribution in [1.29, 1.82) is 0 Å². The largest absolute Gasteiger partial charge is 0.306 e. The minimum absolute atomic E-state index is 0.337. The SMILES string of the molecule is Cc1ccc(CNC(c2ccc(Cl)cc2)C(C)C)cc1C. The molecule has 0 heterocycles. The summed E-state index contributed by atoms with van der Waals surface area (Å²) in [5.74, 6) is 0.526. The third kappa shape index (κ3) is 4.33. The van der Waals surface area contributed by atoms with Gasteiger partial charge in [0.1, 0.15) is 0 Å². The summed E-state index contributed by atoms with van der Waals surface area (Å²) >= 11 is 5.98. The van der Waals surface area contributed by atoms with Crippen molar-refractivity contribution in [3.05, 3.63) is 69.7 Å². The number of aryl methyl sites for hydroxylation is 2. The molecule has 0 amide bonds. The highest BCUT2D eigenvalue weighted by Crippen LogP contribution is 2.24. The van der Waals surface area contributed by atoms with Crippen molar-refractivity contribution in [2.45, 2.75) is 40.3 Å². The van der Waals surface area contributed by atoms with Gasteiger partial charge in [-0.3, -0.25) is 0 Å². The first-order valence-electron chi connectivity index (χ1n) is 7.52. The Morgan fingerprint density at radius 1 is 0.952 bits per heavy atom. The van der Waals surface area contributed by atoms with Gasteiger partial charge in [-0.25, -0.2) is 0 Å². The van der Waals surface area contributed by atoms with Crippen molar-refractivity contribution >= 4 is 11.6 Å². The molecule has 0 fully saturated rings. The molecule has 0 spiro atoms. The molecular weight excluding hydrogens is 278 g/mol. The molecule has 112 valence electrons. The number of halogens is 1. The quantitative estimate of drug-likeness (QED) is 0.775. The first-order chi connectivity index (χ1) is 9.97. The van der Waals surface area contributed by atoms with Gasteiger partial charge in [-0.05, 0) is 54.2 Å². The van der Waals surface area contributed by atoms with Crippen molar-refractivity contribution in [1.82, 2.24) is 5.32 Å². The standard InChI is InChI=1S/C19H24ClN/c1-13(2)19(17-7-9-18(20)10-8-17)21-12-16-6-5-14(3)15(4)11-16/h5-11,13,19,21H,12H2,1-4H3. The molecule has 1 nitrogen and oxygen atoms in total. The fourth-order valence-corrected chi connectivity index (χ4v) is 2.68. The van der Waals surface area contributed by atoms with E-state index in [1.807, 2.05) is 12.1 Å². The van der Waals surface area contributed by atoms with E-state index in [0.29, 0.717) is 12.0 Å². The van der Waals surface area contributed by atoms with Gasteiger partial charge < -0.3 is 5.32 Å². The van der Waals surface area contributed by atoms with Crippen molar-refractivity contribution in [3.8, 4) is 0 Å². The lowest BCUT2D eigenvalue weighted by Crippen LogP contribution is -2.25. The van der Waals surface area contributed by atoms with E-state index in [9.17, 15) is 0 Å². The van der Waals surface area contributed by atoms with Gasteiger partial charge in [-0.2, -0.15) is 0 Å². The lowest BCUT2D eigenvalue weighted by molar-refractivity contribution is 0.410. The molecule has 1 N–H and O–H groups in total. The first-order valence-corrected chi connectivity index (χ1v) is 7.90. The highest BCUT2D eigenvalue weighted by Gasteiger charge is 2.15. The van der Waals surface area contributed by atoms with Crippen LogP contribution in [0.1, 0.15) is 42.1 Å². The van der Waals surface area contributed by atoms with E-state index in [1.54, 1.807) is 0 Å². The summed E-state index contributed by atoms with van der Waals surface area (Å²) in [7, 11) is 0. The monoisotopic (exact) mass is 301 g/mol. The maximum atomic E-state index is 5.98. The summed E-state index contributed by atoms with van der Waals surface area (Å²) < 4.78 is 0. The lowest BCUT2D eigenvalue weighted by atomic mass is 9.95. The van der Waals surface area contributed by atoms with Crippen molar-refractivity contribution in [3.63, 3.8) is 0 Å². The first kappa shape index (κ1) is 16.1. The van der Waals surface area contributed by atoms with E-state index in [4.69, 9.17) is 11.6 Å². The second-order valence-corrected chi connectivity index (χ2v) is 6.51. The van der Waals surface area contributed by atoms with E-state index in [0.717, 1.165) is 11.6 Å². The molecule has 0 saturated heterocycles. The Labute approximate surface area is 133 Å². The Balaban J connectivity index is 2.09. The van der Waals surface area contributed by atoms with Crippen molar-refractivity contribution < 1.29 is 0 Å². The smallest absolute Gasteiger partial charge is 0.0406 e. The van der Waals surface area contributed by atoms with Crippen LogP contribution in [-0.4, -0.2) is 0 Å². The summed E-state index contributed by atoms with van der Waals surface area (Å²) in [5.41, 5.74) is 5.31. The predicted octanol–water partition coefficient (Wildman–Crippen LogP) is 5.44. The summed E-state index contributed by atoms with van der Waals surface area (Å²) in [6, 6.07) is 15.1. The average molecular weight is 302 g/mol. The van der Waals surface area contributed by atoms with Crippen LogP contribution in [0.2, 0.25) is 5.02 Å². The molecule has 1 atom stereocenters. The topological polar surface area (TPSA) is 12.0 Å². The van der Waals surface area contributed by atoms with Crippen molar-refractivity contribution in [2.75, 3.05) is 0 Å². The molecule has 0 aliphatic heterocycles. The zero-order valence-electron chi connectivity index (χ0n) is 13.3. The number of hydrogen-bond acceptors (Lipinski definition) is 1. The molecule has 2 heteroatoms. The highest BCUT2D eigenvalue weighted by molar-refractivity contribution is 6.30. The summed E-state index contributed by atoms with van der Waals surface area (Å²) in [6.07, 6.45) is 0. The molecular formula is C19H24ClN. The van der Waals surface area contributed by atoms with Gasteiger partial charge >= 0.3 is 0 Å². The van der Waals surface area contributed by atoms with Crippen LogP contribution in [0.15, 0.2) is 42.5 Å². The van der Waals surface area contributed by atoms with E-state index in [2.05, 4.69) is 63.3 Å². The van der Waals surface area contributed by atoms with Gasteiger partial charge in [0.25, 0.3) is 0 Å². The molecule has 2 rings (SSSR count). The highest BCUT2D eigenvalue weighted by atomic mass is 35.5. The van der Waals surface area contributed by atoms with Crippen LogP contribution in [0.4, 0.5) is 0 Å². The number of rotatable bonds is 5. The Kier molecular flexibility index (Phi) is 5.44. The van der Waals surface area contributed by atoms with Gasteiger partial charge in [0.05, 0.1) is 0 Å². The molecule has 0 radical (unpaired) electrons. The Morgan fingerprint density at radius 3 is 2.19 bits per heavy atom. The van der Waals surface area contributed by atoms with Crippen LogP contribution in [0.5, 0.6) is 0 Å². The molecule has 1 unspecified atom stereocenters. The molecule has 2 aromatic carbocycles. The lowest BCUT2D eigenvalue weighted by Gasteiger charge is -2.23. The summed E-state index contributed by atoms with van der Waals surface area (Å²) in [6.45, 7) is 9.68. The molecule has 2 aromatic rings. The van der Waals surface area contributed by atoms with Gasteiger partial charge in [0.2, 0.25) is 0 Å². The van der Waals surface area contributed by atoms with Gasteiger partial charge in [0, 0.05) is 17.6 Å². The van der Waals surface area contributed by atoms with Crippen LogP contribution in [0.3, 0.4) is 0 Å². The normalized spacial score (nSPS) is 12.7. The second kappa shape index (κ2) is 7.11. The van der Waals surface area contributed by atoms with Crippen LogP contribution >= 0.6 is 11.6 Å². The average Bonchev–Trinajstić information content (AvgIpc) is 2.44. The van der Waals surface area contributed by atoms with E-state index in [-0.39, 0.29) is 0 Å². The van der Waals surface area contributed by atoms with Gasteiger partial charge in [0.15, 0.2) is 0 Å². The minimum Gasteiger partial charge on any atom is -0.306 e. The van der Waals surface area contributed by atoms with Crippen LogP contribution in [0, 0.1) is 19.8 Å². The summed E-state index contributed by atoms with van der Waals surface area (Å²) in [5, 5.41) is 4.46. The van der Waals surface area contributed by atoms with Crippen molar-refractivity contribution in [2.24, 2.45) is 5.92 Å². The number of nitrogens with one attached hydrogen (secondary N) is 1. The summed E-state index contributed by atoms with van der Waals surface area (Å²) in [4.78, 5) is 0. The Morgan fingerprint density at radius 2 is 1.62 bits per heavy atom. The van der Waals surface area contributed by atoms with Crippen LogP contribution in [-0.2, 0) is 6.54 Å². The fourth-order valence-electron chi connectivity index (χ4n) is 2.55. The Hall–Kier alpha value is -1.31. The number of hydrogen-bond donors (Lipinski definition) is 1. The van der Waals surface area contributed by atoms with E-state index < -0.39 is 0 Å². The predicted molar refractivity (Wildman–Crippen MR) is 91.8 cm³/mol. The molecule has 0 saturated carbocycles. The Bertz CT molecular complexity index is 587. The van der Waals surface area contributed by atoms with Gasteiger partial charge in [-0.1, -0.05) is 55.8 Å². The zero-order valence-corrected chi connectivity index (χ0v) is 14.0. The maximum absolute atomic E-state index is 5.98. The maximum Gasteiger partial charge on any atom is 0.0406 e. The molecule has 21 heavy (non-hydrogen) atoms. The van der Waals surface area contributed by atoms with E-state index >= 15 is 0 Å². The third-order valence-corrected chi connectivity index (χ3v) is 4.25.